The van der Waals surface area contributed by atoms with Gasteiger partial charge in [0, 0.05) is 6.54 Å². The van der Waals surface area contributed by atoms with E-state index >= 15 is 0 Å². The predicted molar refractivity (Wildman–Crippen MR) is 74.2 cm³/mol. The average molecular weight is 239 g/mol. The van der Waals surface area contributed by atoms with Gasteiger partial charge in [-0.15, -0.1) is 0 Å². The quantitative estimate of drug-likeness (QED) is 0.717. The minimum atomic E-state index is 0.350. The van der Waals surface area contributed by atoms with E-state index in [4.69, 9.17) is 4.74 Å². The zero-order valence-electron chi connectivity index (χ0n) is 12.1. The molecule has 0 saturated carbocycles. The van der Waals surface area contributed by atoms with E-state index in [9.17, 15) is 0 Å². The first kappa shape index (κ1) is 14.7. The van der Waals surface area contributed by atoms with Crippen LogP contribution in [0.5, 0.6) is 0 Å². The van der Waals surface area contributed by atoms with Gasteiger partial charge in [-0.2, -0.15) is 0 Å². The maximum Gasteiger partial charge on any atom is 0.0763 e. The fourth-order valence-electron chi connectivity index (χ4n) is 2.16. The normalized spacial score (nSPS) is 26.2. The second-order valence-corrected chi connectivity index (χ2v) is 5.98. The van der Waals surface area contributed by atoms with E-state index in [0.29, 0.717) is 24.0 Å². The van der Waals surface area contributed by atoms with Crippen LogP contribution in [0.3, 0.4) is 0 Å². The predicted octanol–water partition coefficient (Wildman–Crippen LogP) is 3.38. The Morgan fingerprint density at radius 1 is 1.29 bits per heavy atom. The molecule has 2 nitrogen and oxygen atoms in total. The molecule has 1 aliphatic heterocycles. The molecule has 0 aromatic rings. The molecule has 1 N–H and O–H groups in total. The third-order valence-electron chi connectivity index (χ3n) is 3.29. The van der Waals surface area contributed by atoms with Crippen molar-refractivity contribution in [1.82, 2.24) is 5.32 Å². The van der Waals surface area contributed by atoms with Crippen molar-refractivity contribution in [2.24, 2.45) is 11.8 Å². The van der Waals surface area contributed by atoms with E-state index in [-0.39, 0.29) is 0 Å². The lowest BCUT2D eigenvalue weighted by molar-refractivity contribution is 0.0825. The van der Waals surface area contributed by atoms with Gasteiger partial charge < -0.3 is 10.1 Å². The van der Waals surface area contributed by atoms with Crippen molar-refractivity contribution in [1.29, 1.82) is 0 Å². The van der Waals surface area contributed by atoms with Crippen molar-refractivity contribution >= 4 is 0 Å². The number of ether oxygens (including phenoxy) is 1. The summed E-state index contributed by atoms with van der Waals surface area (Å²) >= 11 is 0. The van der Waals surface area contributed by atoms with Gasteiger partial charge in [-0.1, -0.05) is 39.3 Å². The van der Waals surface area contributed by atoms with Crippen molar-refractivity contribution < 1.29 is 4.74 Å². The average Bonchev–Trinajstić information content (AvgIpc) is 2.62. The third-order valence-corrected chi connectivity index (χ3v) is 3.29. The molecule has 0 radical (unpaired) electrons. The Bertz CT molecular complexity index is 245. The molecule has 0 aromatic heterocycles. The zero-order chi connectivity index (χ0) is 12.8. The summed E-state index contributed by atoms with van der Waals surface area (Å²) in [6.45, 7) is 13.3. The van der Waals surface area contributed by atoms with E-state index in [1.807, 2.05) is 0 Å². The Morgan fingerprint density at radius 3 is 2.47 bits per heavy atom. The molecule has 0 aromatic carbocycles. The number of rotatable bonds is 6. The minimum absolute atomic E-state index is 0.350. The van der Waals surface area contributed by atoms with Crippen LogP contribution in [0.4, 0.5) is 0 Å². The Morgan fingerprint density at radius 2 is 2.00 bits per heavy atom. The van der Waals surface area contributed by atoms with Gasteiger partial charge in [0.1, 0.15) is 0 Å². The molecule has 17 heavy (non-hydrogen) atoms. The highest BCUT2D eigenvalue weighted by Crippen LogP contribution is 2.22. The first-order valence-electron chi connectivity index (χ1n) is 7.05. The highest BCUT2D eigenvalue weighted by molar-refractivity contribution is 5.10. The van der Waals surface area contributed by atoms with E-state index in [1.165, 1.54) is 18.4 Å². The minimum Gasteiger partial charge on any atom is -0.371 e. The molecule has 0 spiro atoms. The third kappa shape index (κ3) is 5.69. The van der Waals surface area contributed by atoms with Crippen LogP contribution in [0.1, 0.15) is 47.5 Å². The smallest absolute Gasteiger partial charge is 0.0763 e. The van der Waals surface area contributed by atoms with E-state index in [1.54, 1.807) is 0 Å². The molecule has 0 aliphatic carbocycles. The summed E-state index contributed by atoms with van der Waals surface area (Å²) in [5, 5.41) is 3.53. The van der Waals surface area contributed by atoms with E-state index < -0.39 is 0 Å². The second-order valence-electron chi connectivity index (χ2n) is 5.98. The zero-order valence-corrected chi connectivity index (χ0v) is 12.1. The maximum absolute atomic E-state index is 5.87. The van der Waals surface area contributed by atoms with E-state index in [2.05, 4.69) is 46.0 Å². The maximum atomic E-state index is 5.87. The molecular formula is C15H29NO. The largest absolute Gasteiger partial charge is 0.371 e. The number of hydrogen-bond donors (Lipinski definition) is 1. The summed E-state index contributed by atoms with van der Waals surface area (Å²) < 4.78 is 5.87. The molecule has 1 saturated heterocycles. The lowest BCUT2D eigenvalue weighted by atomic mass is 10.00. The standard InChI is InChI=1S/C15H29NO/c1-11(2)9-16-10-14(12(3)4)8-15-7-6-13(5)17-15/h8,11-13,15-16H,6-7,9-10H2,1-5H3. The Balaban J connectivity index is 2.44. The monoisotopic (exact) mass is 239 g/mol. The fourth-order valence-corrected chi connectivity index (χ4v) is 2.16. The summed E-state index contributed by atoms with van der Waals surface area (Å²) in [6.07, 6.45) is 5.52. The first-order chi connectivity index (χ1) is 7.99. The van der Waals surface area contributed by atoms with Gasteiger partial charge in [0.2, 0.25) is 0 Å². The van der Waals surface area contributed by atoms with Gasteiger partial charge in [0.25, 0.3) is 0 Å². The van der Waals surface area contributed by atoms with Crippen LogP contribution in [0.2, 0.25) is 0 Å². The molecule has 1 rings (SSSR count). The van der Waals surface area contributed by atoms with Crippen LogP contribution in [-0.4, -0.2) is 25.3 Å². The molecule has 100 valence electrons. The number of nitrogens with one attached hydrogen (secondary N) is 1. The lowest BCUT2D eigenvalue weighted by Gasteiger charge is -2.16. The Labute approximate surface area is 107 Å². The van der Waals surface area contributed by atoms with Crippen LogP contribution in [0, 0.1) is 11.8 Å². The van der Waals surface area contributed by atoms with Crippen LogP contribution >= 0.6 is 0 Å². The van der Waals surface area contributed by atoms with Gasteiger partial charge >= 0.3 is 0 Å². The van der Waals surface area contributed by atoms with Crippen molar-refractivity contribution in [3.8, 4) is 0 Å². The highest BCUT2D eigenvalue weighted by Gasteiger charge is 2.20. The van der Waals surface area contributed by atoms with Crippen LogP contribution in [-0.2, 0) is 4.74 Å². The molecule has 1 aliphatic rings. The van der Waals surface area contributed by atoms with Gasteiger partial charge in [0.15, 0.2) is 0 Å². The second kappa shape index (κ2) is 7.17. The van der Waals surface area contributed by atoms with Crippen molar-refractivity contribution in [2.75, 3.05) is 13.1 Å². The van der Waals surface area contributed by atoms with E-state index in [0.717, 1.165) is 13.1 Å². The van der Waals surface area contributed by atoms with Gasteiger partial charge in [-0.05, 0) is 38.1 Å². The summed E-state index contributed by atoms with van der Waals surface area (Å²) in [7, 11) is 0. The molecule has 2 heteroatoms. The summed E-state index contributed by atoms with van der Waals surface area (Å²) in [6, 6.07) is 0. The highest BCUT2D eigenvalue weighted by atomic mass is 16.5. The summed E-state index contributed by atoms with van der Waals surface area (Å²) in [4.78, 5) is 0. The van der Waals surface area contributed by atoms with Gasteiger partial charge in [0.05, 0.1) is 12.2 Å². The fraction of sp³-hybridized carbons (Fsp3) is 0.867. The summed E-state index contributed by atoms with van der Waals surface area (Å²) in [5.74, 6) is 1.32. The summed E-state index contributed by atoms with van der Waals surface area (Å²) in [5.41, 5.74) is 1.49. The van der Waals surface area contributed by atoms with Crippen LogP contribution in [0.25, 0.3) is 0 Å². The molecule has 1 heterocycles. The molecule has 2 atom stereocenters. The lowest BCUT2D eigenvalue weighted by Crippen LogP contribution is -2.24. The SMILES string of the molecule is CC(C)CNCC(=CC1CCC(C)O1)C(C)C. The van der Waals surface area contributed by atoms with Gasteiger partial charge in [-0.25, -0.2) is 0 Å². The Kier molecular flexibility index (Phi) is 6.21. The van der Waals surface area contributed by atoms with Gasteiger partial charge in [-0.3, -0.25) is 0 Å². The Hall–Kier alpha value is -0.340. The number of hydrogen-bond acceptors (Lipinski definition) is 2. The van der Waals surface area contributed by atoms with Crippen molar-refractivity contribution in [2.45, 2.75) is 59.7 Å². The molecule has 0 bridgehead atoms. The van der Waals surface area contributed by atoms with Crippen molar-refractivity contribution in [3.63, 3.8) is 0 Å². The topological polar surface area (TPSA) is 21.3 Å². The van der Waals surface area contributed by atoms with Crippen LogP contribution < -0.4 is 5.32 Å². The van der Waals surface area contributed by atoms with Crippen molar-refractivity contribution in [3.05, 3.63) is 11.6 Å². The first-order valence-corrected chi connectivity index (χ1v) is 7.05. The molecule has 1 fully saturated rings. The molecule has 2 unspecified atom stereocenters. The molecule has 0 amide bonds. The van der Waals surface area contributed by atoms with Crippen LogP contribution in [0.15, 0.2) is 11.6 Å². The molecular weight excluding hydrogens is 210 g/mol.